The van der Waals surface area contributed by atoms with Gasteiger partial charge in [-0.05, 0) is 38.0 Å². The van der Waals surface area contributed by atoms with Crippen molar-refractivity contribution in [3.05, 3.63) is 58.4 Å². The second-order valence-corrected chi connectivity index (χ2v) is 8.53. The number of aryl methyl sites for hydroxylation is 2. The van der Waals surface area contributed by atoms with Crippen molar-refractivity contribution in [2.75, 3.05) is 19.0 Å². The highest BCUT2D eigenvalue weighted by Gasteiger charge is 2.12. The molecule has 3 rings (SSSR count). The number of rotatable bonds is 8. The zero-order valence-electron chi connectivity index (χ0n) is 16.8. The highest BCUT2D eigenvalue weighted by atomic mass is 32.2. The van der Waals surface area contributed by atoms with Crippen molar-refractivity contribution >= 4 is 34.7 Å². The topological polar surface area (TPSA) is 73.3 Å². The molecule has 0 saturated heterocycles. The fourth-order valence-corrected chi connectivity index (χ4v) is 4.31. The lowest BCUT2D eigenvalue weighted by Crippen LogP contribution is -2.21. The van der Waals surface area contributed by atoms with Crippen molar-refractivity contribution in [3.63, 3.8) is 0 Å². The smallest absolute Gasteiger partial charge is 0.262 e. The van der Waals surface area contributed by atoms with Gasteiger partial charge in [-0.15, -0.1) is 11.3 Å². The Morgan fingerprint density at radius 3 is 2.79 bits per heavy atom. The van der Waals surface area contributed by atoms with Gasteiger partial charge < -0.3 is 14.8 Å². The lowest BCUT2D eigenvalue weighted by atomic mass is 10.1. The van der Waals surface area contributed by atoms with E-state index in [1.165, 1.54) is 0 Å². The molecule has 8 heteroatoms. The summed E-state index contributed by atoms with van der Waals surface area (Å²) in [5.41, 5.74) is 4.79. The molecule has 3 aromatic rings. The summed E-state index contributed by atoms with van der Waals surface area (Å²) >= 11 is 3.23. The van der Waals surface area contributed by atoms with E-state index >= 15 is 0 Å². The molecule has 152 valence electrons. The van der Waals surface area contributed by atoms with Crippen molar-refractivity contribution in [1.29, 1.82) is 0 Å². The van der Waals surface area contributed by atoms with Gasteiger partial charge in [-0.2, -0.15) is 0 Å². The van der Waals surface area contributed by atoms with Crippen LogP contribution in [0.1, 0.15) is 22.5 Å². The first-order valence-corrected chi connectivity index (χ1v) is 10.9. The van der Waals surface area contributed by atoms with Gasteiger partial charge in [0.2, 0.25) is 0 Å². The Morgan fingerprint density at radius 2 is 2.07 bits per heavy atom. The summed E-state index contributed by atoms with van der Waals surface area (Å²) in [4.78, 5) is 21.2. The summed E-state index contributed by atoms with van der Waals surface area (Å²) in [7, 11) is 1.55. The molecule has 0 fully saturated rings. The minimum absolute atomic E-state index is 0.119. The molecule has 0 unspecified atom stereocenters. The molecule has 1 aromatic carbocycles. The quantitative estimate of drug-likeness (QED) is 0.520. The molecular weight excluding hydrogens is 406 g/mol. The Morgan fingerprint density at radius 1 is 1.24 bits per heavy atom. The lowest BCUT2D eigenvalue weighted by molar-refractivity contribution is -0.118. The molecule has 0 aliphatic rings. The SMILES string of the molecule is COc1cnc(CSc2nc(C)cs2)cc1OCC(=O)Nc1cccc(C)c1C. The van der Waals surface area contributed by atoms with Gasteiger partial charge in [-0.25, -0.2) is 4.98 Å². The largest absolute Gasteiger partial charge is 0.491 e. The second-order valence-electron chi connectivity index (χ2n) is 6.45. The van der Waals surface area contributed by atoms with Crippen LogP contribution in [0.5, 0.6) is 11.5 Å². The van der Waals surface area contributed by atoms with Crippen LogP contribution in [0.15, 0.2) is 40.2 Å². The Hall–Kier alpha value is -2.58. The van der Waals surface area contributed by atoms with Crippen molar-refractivity contribution in [1.82, 2.24) is 9.97 Å². The van der Waals surface area contributed by atoms with Crippen molar-refractivity contribution in [3.8, 4) is 11.5 Å². The molecule has 6 nitrogen and oxygen atoms in total. The first kappa shape index (κ1) is 21.1. The monoisotopic (exact) mass is 429 g/mol. The Bertz CT molecular complexity index is 1000. The average Bonchev–Trinajstić information content (AvgIpc) is 3.13. The minimum atomic E-state index is -0.230. The first-order valence-electron chi connectivity index (χ1n) is 9.03. The van der Waals surface area contributed by atoms with Gasteiger partial charge in [0.05, 0.1) is 19.0 Å². The number of pyridine rings is 1. The van der Waals surface area contributed by atoms with Crippen LogP contribution in [0.3, 0.4) is 0 Å². The third-order valence-electron chi connectivity index (χ3n) is 4.29. The summed E-state index contributed by atoms with van der Waals surface area (Å²) < 4.78 is 12.0. The summed E-state index contributed by atoms with van der Waals surface area (Å²) in [5, 5.41) is 4.91. The molecule has 0 bridgehead atoms. The summed E-state index contributed by atoms with van der Waals surface area (Å²) in [5.74, 6) is 1.40. The maximum absolute atomic E-state index is 12.3. The molecule has 0 saturated carbocycles. The highest BCUT2D eigenvalue weighted by Crippen LogP contribution is 2.30. The molecule has 0 atom stereocenters. The van der Waals surface area contributed by atoms with E-state index in [9.17, 15) is 4.79 Å². The number of hydrogen-bond acceptors (Lipinski definition) is 7. The van der Waals surface area contributed by atoms with Crippen LogP contribution in [0.4, 0.5) is 5.69 Å². The van der Waals surface area contributed by atoms with Gasteiger partial charge in [-0.1, -0.05) is 23.9 Å². The molecule has 0 aliphatic carbocycles. The minimum Gasteiger partial charge on any atom is -0.491 e. The van der Waals surface area contributed by atoms with Gasteiger partial charge in [-0.3, -0.25) is 9.78 Å². The van der Waals surface area contributed by atoms with Crippen LogP contribution in [0.2, 0.25) is 0 Å². The predicted molar refractivity (Wildman–Crippen MR) is 117 cm³/mol. The van der Waals surface area contributed by atoms with Crippen LogP contribution in [-0.2, 0) is 10.5 Å². The lowest BCUT2D eigenvalue weighted by Gasteiger charge is -2.13. The number of nitrogens with one attached hydrogen (secondary N) is 1. The van der Waals surface area contributed by atoms with Gasteiger partial charge in [0.15, 0.2) is 18.1 Å². The number of methoxy groups -OCH3 is 1. The number of aromatic nitrogens is 2. The fraction of sp³-hybridized carbons (Fsp3) is 0.286. The van der Waals surface area contributed by atoms with Crippen molar-refractivity contribution in [2.24, 2.45) is 0 Å². The number of thiazole rings is 1. The normalized spacial score (nSPS) is 10.6. The molecule has 2 heterocycles. The van der Waals surface area contributed by atoms with Gasteiger partial charge in [0.1, 0.15) is 4.34 Å². The number of hydrogen-bond donors (Lipinski definition) is 1. The van der Waals surface area contributed by atoms with Crippen LogP contribution in [0, 0.1) is 20.8 Å². The molecule has 29 heavy (non-hydrogen) atoms. The Labute approximate surface area is 178 Å². The van der Waals surface area contributed by atoms with E-state index in [0.29, 0.717) is 17.3 Å². The zero-order valence-corrected chi connectivity index (χ0v) is 18.4. The summed E-state index contributed by atoms with van der Waals surface area (Å²) in [6.45, 7) is 5.84. The number of carbonyl (C=O) groups is 1. The number of amides is 1. The third-order valence-corrected chi connectivity index (χ3v) is 6.46. The van der Waals surface area contributed by atoms with Crippen LogP contribution in [-0.4, -0.2) is 29.6 Å². The third kappa shape index (κ3) is 5.71. The maximum atomic E-state index is 12.3. The van der Waals surface area contributed by atoms with E-state index in [1.807, 2.05) is 44.4 Å². The number of benzene rings is 1. The number of ether oxygens (including phenoxy) is 2. The number of carbonyl (C=O) groups excluding carboxylic acids is 1. The number of anilines is 1. The van der Waals surface area contributed by atoms with Crippen LogP contribution < -0.4 is 14.8 Å². The Kier molecular flexibility index (Phi) is 7.11. The fourth-order valence-electron chi connectivity index (χ4n) is 2.56. The van der Waals surface area contributed by atoms with Gasteiger partial charge in [0, 0.05) is 28.6 Å². The summed E-state index contributed by atoms with van der Waals surface area (Å²) in [6.07, 6.45) is 1.61. The van der Waals surface area contributed by atoms with Gasteiger partial charge in [0.25, 0.3) is 5.91 Å². The molecular formula is C21H23N3O3S2. The first-order chi connectivity index (χ1) is 14.0. The van der Waals surface area contributed by atoms with Crippen LogP contribution >= 0.6 is 23.1 Å². The molecule has 2 aromatic heterocycles. The number of thioether (sulfide) groups is 1. The van der Waals surface area contributed by atoms with E-state index in [4.69, 9.17) is 9.47 Å². The average molecular weight is 430 g/mol. The molecule has 0 spiro atoms. The van der Waals surface area contributed by atoms with E-state index in [-0.39, 0.29) is 12.5 Å². The van der Waals surface area contributed by atoms with Crippen molar-refractivity contribution in [2.45, 2.75) is 30.9 Å². The zero-order chi connectivity index (χ0) is 20.8. The Balaban J connectivity index is 1.62. The van der Waals surface area contributed by atoms with Gasteiger partial charge >= 0.3 is 0 Å². The molecule has 1 amide bonds. The number of nitrogens with zero attached hydrogens (tertiary/aromatic N) is 2. The molecule has 0 radical (unpaired) electrons. The summed E-state index contributed by atoms with van der Waals surface area (Å²) in [6, 6.07) is 7.61. The maximum Gasteiger partial charge on any atom is 0.262 e. The molecule has 1 N–H and O–H groups in total. The standard InChI is InChI=1S/C21H23N3O3S2/c1-13-6-5-7-17(15(13)3)24-20(25)10-27-18-8-16(22-9-19(18)26-4)12-29-21-23-14(2)11-28-21/h5-9,11H,10,12H2,1-4H3,(H,24,25). The van der Waals surface area contributed by atoms with E-state index < -0.39 is 0 Å². The highest BCUT2D eigenvalue weighted by molar-refractivity contribution is 8.00. The predicted octanol–water partition coefficient (Wildman–Crippen LogP) is 4.78. The second kappa shape index (κ2) is 9.76. The van der Waals surface area contributed by atoms with E-state index in [2.05, 4.69) is 15.3 Å². The van der Waals surface area contributed by atoms with E-state index in [1.54, 1.807) is 42.5 Å². The van der Waals surface area contributed by atoms with E-state index in [0.717, 1.165) is 32.5 Å². The van der Waals surface area contributed by atoms with Crippen molar-refractivity contribution < 1.29 is 14.3 Å². The van der Waals surface area contributed by atoms with Crippen LogP contribution in [0.25, 0.3) is 0 Å². The molecule has 0 aliphatic heterocycles.